The van der Waals surface area contributed by atoms with Crippen LogP contribution < -0.4 is 11.5 Å². The lowest BCUT2D eigenvalue weighted by Crippen LogP contribution is -2.61. The summed E-state index contributed by atoms with van der Waals surface area (Å²) in [4.78, 5) is 20.3. The standard InChI is InChI=1S/C7H6F6N2O2/c1-2(3(14)16)5(8,9)7(12,13)6(10,11)4(15)17/h1H2,(H2,14,16)(H2,15,17). The highest BCUT2D eigenvalue weighted by Crippen LogP contribution is 2.48. The minimum Gasteiger partial charge on any atom is -0.366 e. The molecule has 2 amide bonds. The maximum atomic E-state index is 12.9. The zero-order chi connectivity index (χ0) is 14.2. The van der Waals surface area contributed by atoms with E-state index in [2.05, 4.69) is 18.0 Å². The maximum absolute atomic E-state index is 12.9. The number of amides is 2. The monoisotopic (exact) mass is 264 g/mol. The highest BCUT2D eigenvalue weighted by molar-refractivity contribution is 5.93. The van der Waals surface area contributed by atoms with Crippen molar-refractivity contribution >= 4 is 11.8 Å². The molecular weight excluding hydrogens is 258 g/mol. The van der Waals surface area contributed by atoms with Gasteiger partial charge in [-0.25, -0.2) is 0 Å². The van der Waals surface area contributed by atoms with E-state index in [0.29, 0.717) is 0 Å². The summed E-state index contributed by atoms with van der Waals surface area (Å²) in [7, 11) is 0. The summed E-state index contributed by atoms with van der Waals surface area (Å²) in [6.45, 7) is 2.18. The molecule has 0 saturated heterocycles. The number of hydrogen-bond donors (Lipinski definition) is 2. The Bertz CT molecular complexity index is 379. The fourth-order valence-electron chi connectivity index (χ4n) is 0.696. The molecule has 0 heterocycles. The van der Waals surface area contributed by atoms with E-state index in [1.165, 1.54) is 0 Å². The number of hydrogen-bond acceptors (Lipinski definition) is 2. The fraction of sp³-hybridized carbons (Fsp3) is 0.429. The molecule has 4 N–H and O–H groups in total. The van der Waals surface area contributed by atoms with Crippen molar-refractivity contribution in [2.45, 2.75) is 17.8 Å². The van der Waals surface area contributed by atoms with Gasteiger partial charge in [-0.3, -0.25) is 9.59 Å². The number of rotatable bonds is 5. The average molecular weight is 264 g/mol. The number of carbonyl (C=O) groups is 2. The van der Waals surface area contributed by atoms with Gasteiger partial charge < -0.3 is 11.5 Å². The molecule has 0 saturated carbocycles. The van der Waals surface area contributed by atoms with E-state index >= 15 is 0 Å². The summed E-state index contributed by atoms with van der Waals surface area (Å²) in [5, 5.41) is 0. The van der Waals surface area contributed by atoms with Gasteiger partial charge in [0.25, 0.3) is 5.91 Å². The van der Waals surface area contributed by atoms with Gasteiger partial charge in [-0.05, 0) is 0 Å². The number of alkyl halides is 6. The molecule has 0 bridgehead atoms. The van der Waals surface area contributed by atoms with Crippen LogP contribution in [0.1, 0.15) is 0 Å². The van der Waals surface area contributed by atoms with E-state index in [-0.39, 0.29) is 0 Å². The van der Waals surface area contributed by atoms with E-state index in [1.54, 1.807) is 0 Å². The van der Waals surface area contributed by atoms with Crippen molar-refractivity contribution in [2.75, 3.05) is 0 Å². The van der Waals surface area contributed by atoms with Crippen molar-refractivity contribution in [2.24, 2.45) is 11.5 Å². The lowest BCUT2D eigenvalue weighted by molar-refractivity contribution is -0.282. The highest BCUT2D eigenvalue weighted by Gasteiger charge is 2.75. The molecule has 17 heavy (non-hydrogen) atoms. The van der Waals surface area contributed by atoms with Crippen molar-refractivity contribution in [3.05, 3.63) is 12.2 Å². The molecular formula is C7H6F6N2O2. The van der Waals surface area contributed by atoms with E-state index < -0.39 is 35.2 Å². The minimum atomic E-state index is -6.22. The quantitative estimate of drug-likeness (QED) is 0.557. The Morgan fingerprint density at radius 2 is 1.24 bits per heavy atom. The van der Waals surface area contributed by atoms with Crippen molar-refractivity contribution in [3.63, 3.8) is 0 Å². The first kappa shape index (κ1) is 15.3. The minimum absolute atomic E-state index is 2.12. The van der Waals surface area contributed by atoms with Crippen molar-refractivity contribution in [1.82, 2.24) is 0 Å². The molecule has 4 nitrogen and oxygen atoms in total. The van der Waals surface area contributed by atoms with Crippen LogP contribution >= 0.6 is 0 Å². The van der Waals surface area contributed by atoms with Crippen LogP contribution in [-0.2, 0) is 9.59 Å². The maximum Gasteiger partial charge on any atom is 0.392 e. The van der Waals surface area contributed by atoms with E-state index in [0.717, 1.165) is 0 Å². The molecule has 0 atom stereocenters. The van der Waals surface area contributed by atoms with Gasteiger partial charge in [0.15, 0.2) is 0 Å². The normalized spacial score (nSPS) is 13.3. The second-order valence-electron chi connectivity index (χ2n) is 2.93. The predicted octanol–water partition coefficient (Wildman–Crippen LogP) is 0.419. The molecule has 0 aromatic rings. The van der Waals surface area contributed by atoms with Crippen LogP contribution in [0.25, 0.3) is 0 Å². The van der Waals surface area contributed by atoms with Crippen LogP contribution in [0.4, 0.5) is 26.3 Å². The van der Waals surface area contributed by atoms with Gasteiger partial charge in [-0.2, -0.15) is 26.3 Å². The lowest BCUT2D eigenvalue weighted by atomic mass is 9.97. The van der Waals surface area contributed by atoms with Crippen LogP contribution in [0.5, 0.6) is 0 Å². The number of halogens is 6. The summed E-state index contributed by atoms with van der Waals surface area (Å²) in [5.74, 6) is -22.9. The summed E-state index contributed by atoms with van der Waals surface area (Å²) < 4.78 is 76.4. The molecule has 0 spiro atoms. The van der Waals surface area contributed by atoms with Crippen molar-refractivity contribution < 1.29 is 35.9 Å². The van der Waals surface area contributed by atoms with Crippen LogP contribution in [0.15, 0.2) is 12.2 Å². The topological polar surface area (TPSA) is 86.2 Å². The molecule has 0 radical (unpaired) electrons. The van der Waals surface area contributed by atoms with E-state index in [1.807, 2.05) is 0 Å². The molecule has 0 aromatic heterocycles. The predicted molar refractivity (Wildman–Crippen MR) is 42.4 cm³/mol. The third-order valence-corrected chi connectivity index (χ3v) is 1.77. The van der Waals surface area contributed by atoms with Crippen LogP contribution in [-0.4, -0.2) is 29.6 Å². The van der Waals surface area contributed by atoms with Crippen LogP contribution in [0.3, 0.4) is 0 Å². The van der Waals surface area contributed by atoms with Crippen LogP contribution in [0, 0.1) is 0 Å². The van der Waals surface area contributed by atoms with Crippen molar-refractivity contribution in [3.8, 4) is 0 Å². The highest BCUT2D eigenvalue weighted by atomic mass is 19.3. The summed E-state index contributed by atoms with van der Waals surface area (Å²) in [6.07, 6.45) is 0. The largest absolute Gasteiger partial charge is 0.392 e. The molecule has 10 heteroatoms. The molecule has 0 aliphatic carbocycles. The molecule has 98 valence electrons. The number of nitrogens with two attached hydrogens (primary N) is 2. The van der Waals surface area contributed by atoms with Gasteiger partial charge in [0, 0.05) is 0 Å². The molecule has 0 rings (SSSR count). The Kier molecular flexibility index (Phi) is 3.53. The van der Waals surface area contributed by atoms with Gasteiger partial charge >= 0.3 is 17.8 Å². The zero-order valence-corrected chi connectivity index (χ0v) is 7.95. The third kappa shape index (κ3) is 2.06. The molecule has 0 aromatic carbocycles. The van der Waals surface area contributed by atoms with Gasteiger partial charge in [0.1, 0.15) is 0 Å². The Morgan fingerprint density at radius 3 is 1.47 bits per heavy atom. The number of carbonyl (C=O) groups excluding carboxylic acids is 2. The van der Waals surface area contributed by atoms with Crippen molar-refractivity contribution in [1.29, 1.82) is 0 Å². The summed E-state index contributed by atoms with van der Waals surface area (Å²) in [6, 6.07) is 0. The Hall–Kier alpha value is -1.74. The smallest absolute Gasteiger partial charge is 0.366 e. The van der Waals surface area contributed by atoms with E-state index in [9.17, 15) is 35.9 Å². The molecule has 0 unspecified atom stereocenters. The van der Waals surface area contributed by atoms with Gasteiger partial charge in [0.05, 0.1) is 5.57 Å². The Labute approximate surface area is 90.2 Å². The third-order valence-electron chi connectivity index (χ3n) is 1.77. The molecule has 0 fully saturated rings. The zero-order valence-electron chi connectivity index (χ0n) is 7.95. The van der Waals surface area contributed by atoms with Crippen LogP contribution in [0.2, 0.25) is 0 Å². The first-order chi connectivity index (χ1) is 7.30. The second-order valence-corrected chi connectivity index (χ2v) is 2.93. The Balaban J connectivity index is 5.68. The van der Waals surface area contributed by atoms with E-state index in [4.69, 9.17) is 0 Å². The second kappa shape index (κ2) is 3.93. The fourth-order valence-corrected chi connectivity index (χ4v) is 0.696. The SMILES string of the molecule is C=C(C(N)=O)C(F)(F)C(F)(F)C(F)(F)C(N)=O. The summed E-state index contributed by atoms with van der Waals surface area (Å²) in [5.41, 5.74) is 5.85. The van der Waals surface area contributed by atoms with Gasteiger partial charge in [-0.1, -0.05) is 6.58 Å². The molecule has 0 aliphatic rings. The van der Waals surface area contributed by atoms with Gasteiger partial charge in [0.2, 0.25) is 5.91 Å². The summed E-state index contributed by atoms with van der Waals surface area (Å²) >= 11 is 0. The Morgan fingerprint density at radius 1 is 0.882 bits per heavy atom. The first-order valence-corrected chi connectivity index (χ1v) is 3.72. The lowest BCUT2D eigenvalue weighted by Gasteiger charge is -2.31. The number of primary amides is 2. The van der Waals surface area contributed by atoms with Gasteiger partial charge in [-0.15, -0.1) is 0 Å². The molecule has 0 aliphatic heterocycles. The average Bonchev–Trinajstić information content (AvgIpc) is 2.15. The first-order valence-electron chi connectivity index (χ1n) is 3.72.